The van der Waals surface area contributed by atoms with Crippen LogP contribution in [0.25, 0.3) is 22.2 Å². The third kappa shape index (κ3) is 4.90. The summed E-state index contributed by atoms with van der Waals surface area (Å²) in [5.41, 5.74) is 5.36. The second kappa shape index (κ2) is 10.7. The van der Waals surface area contributed by atoms with Gasteiger partial charge < -0.3 is 11.1 Å². The van der Waals surface area contributed by atoms with E-state index in [1.54, 1.807) is 61.7 Å². The number of carbonyl (C=O) groups is 1. The fraction of sp³-hybridized carbons (Fsp3) is 0.133. The number of nitrogens with two attached hydrogens (primary N) is 1. The lowest BCUT2D eigenvalue weighted by atomic mass is 10.1. The molecule has 2 aromatic carbocycles. The summed E-state index contributed by atoms with van der Waals surface area (Å²) in [6.07, 6.45) is -0.533. The Balaban J connectivity index is 1.48. The maximum atomic E-state index is 14.2. The highest BCUT2D eigenvalue weighted by molar-refractivity contribution is 6.04. The molecule has 1 amide bonds. The third-order valence-electron chi connectivity index (χ3n) is 6.86. The van der Waals surface area contributed by atoms with Crippen molar-refractivity contribution < 1.29 is 18.0 Å². The molecule has 0 saturated carbocycles. The number of aryl methyl sites for hydroxylation is 1. The summed E-state index contributed by atoms with van der Waals surface area (Å²) in [7, 11) is 1.18. The predicted octanol–water partition coefficient (Wildman–Crippen LogP) is 3.65. The van der Waals surface area contributed by atoms with Gasteiger partial charge in [-0.1, -0.05) is 36.1 Å². The minimum Gasteiger partial charge on any atom is -0.381 e. The second-order valence-corrected chi connectivity index (χ2v) is 9.77. The van der Waals surface area contributed by atoms with Crippen LogP contribution >= 0.6 is 0 Å². The maximum absolute atomic E-state index is 14.2. The molecule has 220 valence electrons. The molecular weight excluding hydrogens is 575 g/mol. The molecule has 11 nitrogen and oxygen atoms in total. The van der Waals surface area contributed by atoms with Crippen molar-refractivity contribution in [3.63, 3.8) is 0 Å². The number of benzene rings is 2. The summed E-state index contributed by atoms with van der Waals surface area (Å²) in [6.45, 7) is 1.66. The summed E-state index contributed by atoms with van der Waals surface area (Å²) in [4.78, 5) is 36.5. The lowest BCUT2D eigenvalue weighted by Gasteiger charge is -2.20. The van der Waals surface area contributed by atoms with E-state index in [1.165, 1.54) is 28.4 Å². The van der Waals surface area contributed by atoms with Gasteiger partial charge >= 0.3 is 6.18 Å². The number of fused-ring (bicyclic) bond motifs is 2. The quantitative estimate of drug-likeness (QED) is 0.296. The molecule has 14 heteroatoms. The molecular formula is C30H22F3N9O2. The molecule has 0 aliphatic heterocycles. The van der Waals surface area contributed by atoms with Gasteiger partial charge in [0.1, 0.15) is 11.4 Å². The first-order valence-corrected chi connectivity index (χ1v) is 13.2. The van der Waals surface area contributed by atoms with Crippen LogP contribution in [0.2, 0.25) is 0 Å². The van der Waals surface area contributed by atoms with Crippen LogP contribution in [0.3, 0.4) is 0 Å². The number of nitrogens with zero attached hydrogens (tertiary/aromatic N) is 7. The van der Waals surface area contributed by atoms with Crippen molar-refractivity contribution in [2.45, 2.75) is 19.1 Å². The van der Waals surface area contributed by atoms with Gasteiger partial charge in [-0.15, -0.1) is 5.10 Å². The number of nitrogen functional groups attached to an aromatic ring is 1. The number of rotatable bonds is 4. The molecule has 0 bridgehead atoms. The number of para-hydroxylation sites is 1. The van der Waals surface area contributed by atoms with Crippen LogP contribution in [-0.2, 0) is 13.2 Å². The van der Waals surface area contributed by atoms with E-state index in [2.05, 4.69) is 32.3 Å². The van der Waals surface area contributed by atoms with Gasteiger partial charge in [-0.2, -0.15) is 18.3 Å². The van der Waals surface area contributed by atoms with Gasteiger partial charge in [0.05, 0.1) is 34.4 Å². The summed E-state index contributed by atoms with van der Waals surface area (Å²) in [5.74, 6) is 4.84. The van der Waals surface area contributed by atoms with E-state index in [-0.39, 0.29) is 44.9 Å². The van der Waals surface area contributed by atoms with Crippen molar-refractivity contribution >= 4 is 28.3 Å². The summed E-state index contributed by atoms with van der Waals surface area (Å²) in [5, 5.41) is 10.7. The number of hydrogen-bond acceptors (Lipinski definition) is 7. The van der Waals surface area contributed by atoms with Gasteiger partial charge in [-0.3, -0.25) is 18.8 Å². The highest BCUT2D eigenvalue weighted by Crippen LogP contribution is 2.31. The average Bonchev–Trinajstić information content (AvgIpc) is 3.54. The third-order valence-corrected chi connectivity index (χ3v) is 6.86. The van der Waals surface area contributed by atoms with Gasteiger partial charge in [-0.05, 0) is 37.3 Å². The van der Waals surface area contributed by atoms with Crippen molar-refractivity contribution in [3.8, 4) is 17.5 Å². The number of amides is 1. The van der Waals surface area contributed by atoms with Gasteiger partial charge in [-0.25, -0.2) is 14.5 Å². The Morgan fingerprint density at radius 2 is 1.80 bits per heavy atom. The minimum atomic E-state index is -4.67. The van der Waals surface area contributed by atoms with Crippen LogP contribution in [0.1, 0.15) is 46.0 Å². The van der Waals surface area contributed by atoms with Crippen molar-refractivity contribution in [1.29, 1.82) is 0 Å². The van der Waals surface area contributed by atoms with Crippen LogP contribution in [0.5, 0.6) is 0 Å². The molecule has 0 fully saturated rings. The van der Waals surface area contributed by atoms with Crippen molar-refractivity contribution in [3.05, 3.63) is 112 Å². The molecule has 0 spiro atoms. The molecule has 0 aliphatic rings. The lowest BCUT2D eigenvalue weighted by molar-refractivity contribution is -0.143. The highest BCUT2D eigenvalue weighted by Gasteiger charge is 2.37. The van der Waals surface area contributed by atoms with Crippen molar-refractivity contribution in [2.24, 2.45) is 7.05 Å². The summed E-state index contributed by atoms with van der Waals surface area (Å²) < 4.78 is 44.2. The highest BCUT2D eigenvalue weighted by atomic mass is 19.4. The van der Waals surface area contributed by atoms with Crippen molar-refractivity contribution in [2.75, 3.05) is 5.73 Å². The number of aromatic nitrogens is 7. The Labute approximate surface area is 246 Å². The maximum Gasteiger partial charge on any atom is 0.434 e. The second-order valence-electron chi connectivity index (χ2n) is 9.77. The lowest BCUT2D eigenvalue weighted by Crippen LogP contribution is -2.33. The molecule has 3 N–H and O–H groups in total. The standard InChI is InChI=1S/C30H22F3N9O2/c1-17(37-28(43)23-25(34)39-41-15-7-14-35-27(23)41)26-38-21-11-6-8-18(12-13-19-16-36-40(2)24(19)30(31,32)33)22(21)29(44)42(26)20-9-4-3-5-10-20/h3-11,14-17H,1-2H3,(H2,34,39)(H,37,43)/t17-/m0/s1. The largest absolute Gasteiger partial charge is 0.434 e. The number of halogens is 3. The summed E-state index contributed by atoms with van der Waals surface area (Å²) >= 11 is 0. The smallest absolute Gasteiger partial charge is 0.381 e. The Kier molecular flexibility index (Phi) is 6.85. The normalized spacial score (nSPS) is 12.2. The number of nitrogens with one attached hydrogen (secondary N) is 1. The molecule has 6 rings (SSSR count). The van der Waals surface area contributed by atoms with Gasteiger partial charge in [0, 0.05) is 25.0 Å². The van der Waals surface area contributed by atoms with E-state index in [1.807, 2.05) is 0 Å². The Morgan fingerprint density at radius 1 is 1.05 bits per heavy atom. The van der Waals surface area contributed by atoms with Gasteiger partial charge in [0.15, 0.2) is 17.2 Å². The first-order chi connectivity index (χ1) is 21.0. The van der Waals surface area contributed by atoms with Crippen molar-refractivity contribution in [1.82, 2.24) is 39.2 Å². The molecule has 4 aromatic heterocycles. The Bertz CT molecular complexity index is 2190. The fourth-order valence-electron chi connectivity index (χ4n) is 4.92. The summed E-state index contributed by atoms with van der Waals surface area (Å²) in [6, 6.07) is 14.2. The predicted molar refractivity (Wildman–Crippen MR) is 155 cm³/mol. The van der Waals surface area contributed by atoms with E-state index < -0.39 is 29.4 Å². The van der Waals surface area contributed by atoms with Crippen LogP contribution in [0.4, 0.5) is 19.0 Å². The number of anilines is 1. The molecule has 1 atom stereocenters. The van der Waals surface area contributed by atoms with Crippen LogP contribution in [-0.4, -0.2) is 39.8 Å². The minimum absolute atomic E-state index is 0.0224. The Morgan fingerprint density at radius 3 is 2.55 bits per heavy atom. The zero-order valence-corrected chi connectivity index (χ0v) is 23.2. The molecule has 0 aliphatic carbocycles. The van der Waals surface area contributed by atoms with Gasteiger partial charge in [0.25, 0.3) is 11.5 Å². The average molecular weight is 598 g/mol. The Hall–Kier alpha value is -5.97. The monoisotopic (exact) mass is 597 g/mol. The molecule has 0 radical (unpaired) electrons. The van der Waals surface area contributed by atoms with Crippen LogP contribution < -0.4 is 16.6 Å². The topological polar surface area (TPSA) is 138 Å². The van der Waals surface area contributed by atoms with E-state index in [9.17, 15) is 22.8 Å². The zero-order chi connectivity index (χ0) is 31.2. The van der Waals surface area contributed by atoms with E-state index >= 15 is 0 Å². The fourth-order valence-corrected chi connectivity index (χ4v) is 4.92. The van der Waals surface area contributed by atoms with E-state index in [4.69, 9.17) is 10.7 Å². The number of carbonyl (C=O) groups excluding carboxylic acids is 1. The van der Waals surface area contributed by atoms with Crippen LogP contribution in [0.15, 0.2) is 78.0 Å². The SMILES string of the molecule is C[C@H](NC(=O)c1c(N)nn2cccnc12)c1nc2cccc(C#Cc3cnn(C)c3C(F)(F)F)c2c(=O)n1-c1ccccc1. The van der Waals surface area contributed by atoms with E-state index in [0.717, 1.165) is 6.20 Å². The number of alkyl halides is 3. The molecule has 0 unspecified atom stereocenters. The first-order valence-electron chi connectivity index (χ1n) is 13.2. The van der Waals surface area contributed by atoms with Gasteiger partial charge in [0.2, 0.25) is 0 Å². The van der Waals surface area contributed by atoms with Crippen LogP contribution in [0, 0.1) is 11.8 Å². The van der Waals surface area contributed by atoms with E-state index in [0.29, 0.717) is 10.4 Å². The number of hydrogen-bond donors (Lipinski definition) is 2. The molecule has 6 aromatic rings. The molecule has 44 heavy (non-hydrogen) atoms. The first kappa shape index (κ1) is 28.2. The molecule has 0 saturated heterocycles. The zero-order valence-electron chi connectivity index (χ0n) is 23.2. The molecule has 4 heterocycles.